The molecule has 3 aromatic rings. The van der Waals surface area contributed by atoms with Crippen LogP contribution < -0.4 is 16.0 Å². The van der Waals surface area contributed by atoms with Gasteiger partial charge in [0.2, 0.25) is 0 Å². The summed E-state index contributed by atoms with van der Waals surface area (Å²) in [5.74, 6) is 0.132. The zero-order valence-corrected chi connectivity index (χ0v) is 22.9. The van der Waals surface area contributed by atoms with Crippen LogP contribution in [0.2, 0.25) is 15.1 Å². The highest BCUT2D eigenvalue weighted by Crippen LogP contribution is 2.27. The summed E-state index contributed by atoms with van der Waals surface area (Å²) in [6.07, 6.45) is 1.97. The summed E-state index contributed by atoms with van der Waals surface area (Å²) in [5.41, 5.74) is 3.94. The average Bonchev–Trinajstić information content (AvgIpc) is 2.83. The quantitative estimate of drug-likeness (QED) is 0.211. The lowest BCUT2D eigenvalue weighted by molar-refractivity contribution is 0.251. The van der Waals surface area contributed by atoms with Crippen LogP contribution in [-0.2, 0) is 0 Å². The summed E-state index contributed by atoms with van der Waals surface area (Å²) in [4.78, 5) is 14.8. The van der Waals surface area contributed by atoms with Gasteiger partial charge in [0.25, 0.3) is 0 Å². The Morgan fingerprint density at radius 1 is 0.861 bits per heavy atom. The third-order valence-electron chi connectivity index (χ3n) is 5.79. The number of carbonyl (C=O) groups excluding carboxylic acids is 1. The van der Waals surface area contributed by atoms with E-state index in [0.717, 1.165) is 43.6 Å². The molecule has 0 spiro atoms. The van der Waals surface area contributed by atoms with Gasteiger partial charge in [0.1, 0.15) is 0 Å². The van der Waals surface area contributed by atoms with Crippen molar-refractivity contribution in [3.63, 3.8) is 0 Å². The first kappa shape index (κ1) is 28.3. The first-order valence-corrected chi connectivity index (χ1v) is 13.2. The number of rotatable bonds is 12. The second kappa shape index (κ2) is 14.5. The molecule has 0 fully saturated rings. The van der Waals surface area contributed by atoms with E-state index in [-0.39, 0.29) is 11.9 Å². The van der Waals surface area contributed by atoms with Crippen molar-refractivity contribution >= 4 is 46.5 Å². The maximum Gasteiger partial charge on any atom is 0.319 e. The highest BCUT2D eigenvalue weighted by Gasteiger charge is 2.15. The Bertz CT molecular complexity index is 1100. The van der Waals surface area contributed by atoms with Gasteiger partial charge in [0, 0.05) is 33.2 Å². The number of urea groups is 1. The maximum absolute atomic E-state index is 12.6. The molecule has 3 N–H and O–H groups in total. The van der Waals surface area contributed by atoms with Gasteiger partial charge in [-0.2, -0.15) is 0 Å². The molecule has 0 aliphatic carbocycles. The van der Waals surface area contributed by atoms with Gasteiger partial charge in [0.15, 0.2) is 0 Å². The SMILES string of the molecule is CN(C)CCCNCCC(CNC(=O)Nc1cc(Cl)cc(Cl)c1)c1cccc(-c2ccc(Cl)cc2)c1. The number of amides is 2. The van der Waals surface area contributed by atoms with E-state index >= 15 is 0 Å². The van der Waals surface area contributed by atoms with Crippen molar-refractivity contribution in [3.05, 3.63) is 87.4 Å². The van der Waals surface area contributed by atoms with Gasteiger partial charge in [-0.1, -0.05) is 71.2 Å². The number of anilines is 1. The van der Waals surface area contributed by atoms with Gasteiger partial charge in [-0.15, -0.1) is 0 Å². The molecule has 3 aromatic carbocycles. The van der Waals surface area contributed by atoms with Crippen LogP contribution in [0.5, 0.6) is 0 Å². The van der Waals surface area contributed by atoms with Gasteiger partial charge < -0.3 is 20.9 Å². The summed E-state index contributed by atoms with van der Waals surface area (Å²) >= 11 is 18.2. The van der Waals surface area contributed by atoms with Crippen molar-refractivity contribution < 1.29 is 4.79 Å². The van der Waals surface area contributed by atoms with Crippen LogP contribution in [0.4, 0.5) is 10.5 Å². The van der Waals surface area contributed by atoms with E-state index < -0.39 is 0 Å². The second-order valence-electron chi connectivity index (χ2n) is 9.02. The minimum atomic E-state index is -0.300. The maximum atomic E-state index is 12.6. The number of carbonyl (C=O) groups is 1. The molecule has 3 rings (SSSR count). The van der Waals surface area contributed by atoms with Crippen LogP contribution >= 0.6 is 34.8 Å². The fourth-order valence-corrected chi connectivity index (χ4v) is 4.59. The van der Waals surface area contributed by atoms with Crippen LogP contribution in [-0.4, -0.2) is 51.2 Å². The van der Waals surface area contributed by atoms with Crippen molar-refractivity contribution in [3.8, 4) is 11.1 Å². The van der Waals surface area contributed by atoms with Crippen molar-refractivity contribution in [2.45, 2.75) is 18.8 Å². The van der Waals surface area contributed by atoms with Gasteiger partial charge in [-0.25, -0.2) is 4.79 Å². The third-order valence-corrected chi connectivity index (χ3v) is 6.48. The molecule has 0 aliphatic heterocycles. The zero-order valence-electron chi connectivity index (χ0n) is 20.7. The summed E-state index contributed by atoms with van der Waals surface area (Å²) in [6.45, 7) is 3.36. The number of nitrogens with zero attached hydrogens (tertiary/aromatic N) is 1. The Morgan fingerprint density at radius 2 is 1.58 bits per heavy atom. The topological polar surface area (TPSA) is 56.4 Å². The molecule has 192 valence electrons. The molecule has 0 heterocycles. The van der Waals surface area contributed by atoms with Crippen LogP contribution in [0.1, 0.15) is 24.3 Å². The molecule has 8 heteroatoms. The number of halogens is 3. The van der Waals surface area contributed by atoms with E-state index in [9.17, 15) is 4.79 Å². The number of benzene rings is 3. The normalized spacial score (nSPS) is 11.9. The van der Waals surface area contributed by atoms with Crippen molar-refractivity contribution in [2.24, 2.45) is 0 Å². The molecular formula is C28H33Cl3N4O. The van der Waals surface area contributed by atoms with Crippen molar-refractivity contribution in [1.29, 1.82) is 0 Å². The minimum Gasteiger partial charge on any atom is -0.337 e. The van der Waals surface area contributed by atoms with Crippen LogP contribution in [0.25, 0.3) is 11.1 Å². The van der Waals surface area contributed by atoms with Gasteiger partial charge >= 0.3 is 6.03 Å². The number of nitrogens with one attached hydrogen (secondary N) is 3. The van der Waals surface area contributed by atoms with Crippen molar-refractivity contribution in [1.82, 2.24) is 15.5 Å². The lowest BCUT2D eigenvalue weighted by atomic mass is 9.92. The Labute approximate surface area is 229 Å². The molecule has 1 atom stereocenters. The largest absolute Gasteiger partial charge is 0.337 e. The Balaban J connectivity index is 1.67. The predicted octanol–water partition coefficient (Wildman–Crippen LogP) is 7.15. The third kappa shape index (κ3) is 9.64. The van der Waals surface area contributed by atoms with E-state index in [1.54, 1.807) is 18.2 Å². The lowest BCUT2D eigenvalue weighted by Crippen LogP contribution is -2.33. The van der Waals surface area contributed by atoms with Crippen LogP contribution in [0, 0.1) is 0 Å². The summed E-state index contributed by atoms with van der Waals surface area (Å²) in [7, 11) is 4.16. The van der Waals surface area contributed by atoms with E-state index in [1.165, 1.54) is 5.56 Å². The first-order valence-electron chi connectivity index (χ1n) is 12.0. The lowest BCUT2D eigenvalue weighted by Gasteiger charge is -2.20. The molecule has 2 amide bonds. The molecule has 0 saturated heterocycles. The zero-order chi connectivity index (χ0) is 25.9. The van der Waals surface area contributed by atoms with Gasteiger partial charge in [-0.05, 0) is 93.6 Å². The highest BCUT2D eigenvalue weighted by atomic mass is 35.5. The molecule has 0 bridgehead atoms. The number of hydrogen-bond acceptors (Lipinski definition) is 3. The van der Waals surface area contributed by atoms with E-state index in [2.05, 4.69) is 59.2 Å². The van der Waals surface area contributed by atoms with E-state index in [0.29, 0.717) is 27.3 Å². The smallest absolute Gasteiger partial charge is 0.319 e. The molecule has 0 aromatic heterocycles. The highest BCUT2D eigenvalue weighted by molar-refractivity contribution is 6.35. The first-order chi connectivity index (χ1) is 17.3. The van der Waals surface area contributed by atoms with E-state index in [4.69, 9.17) is 34.8 Å². The molecule has 5 nitrogen and oxygen atoms in total. The van der Waals surface area contributed by atoms with Gasteiger partial charge in [-0.3, -0.25) is 0 Å². The fraction of sp³-hybridized carbons (Fsp3) is 0.321. The molecule has 0 saturated carbocycles. The molecule has 36 heavy (non-hydrogen) atoms. The predicted molar refractivity (Wildman–Crippen MR) is 154 cm³/mol. The Morgan fingerprint density at radius 3 is 2.28 bits per heavy atom. The Hall–Kier alpha value is -2.28. The summed E-state index contributed by atoms with van der Waals surface area (Å²) < 4.78 is 0. The average molecular weight is 548 g/mol. The summed E-state index contributed by atoms with van der Waals surface area (Å²) in [5, 5.41) is 11.0. The second-order valence-corrected chi connectivity index (χ2v) is 10.3. The minimum absolute atomic E-state index is 0.132. The van der Waals surface area contributed by atoms with Crippen LogP contribution in [0.15, 0.2) is 66.7 Å². The summed E-state index contributed by atoms with van der Waals surface area (Å²) in [6, 6.07) is 20.9. The van der Waals surface area contributed by atoms with Crippen LogP contribution in [0.3, 0.4) is 0 Å². The molecular weight excluding hydrogens is 515 g/mol. The standard InChI is InChI=1S/C28H33Cl3N4O/c1-35(2)14-4-12-32-13-11-23(19-33-28(36)34-27-17-25(30)16-26(31)18-27)22-6-3-5-21(15-22)20-7-9-24(29)10-8-20/h3,5-10,15-18,23,32H,4,11-14,19H2,1-2H3,(H2,33,34,36). The number of hydrogen-bond donors (Lipinski definition) is 3. The molecule has 0 radical (unpaired) electrons. The molecule has 1 unspecified atom stereocenters. The van der Waals surface area contributed by atoms with E-state index in [1.807, 2.05) is 24.3 Å². The molecule has 0 aliphatic rings. The van der Waals surface area contributed by atoms with Gasteiger partial charge in [0.05, 0.1) is 0 Å². The van der Waals surface area contributed by atoms with Crippen molar-refractivity contribution in [2.75, 3.05) is 45.6 Å². The Kier molecular flexibility index (Phi) is 11.4. The fourth-order valence-electron chi connectivity index (χ4n) is 3.94. The monoisotopic (exact) mass is 546 g/mol.